The molecule has 0 radical (unpaired) electrons. The molecule has 31 heavy (non-hydrogen) atoms. The van der Waals surface area contributed by atoms with Crippen molar-refractivity contribution in [3.8, 4) is 11.8 Å². The number of fused-ring (bicyclic) bond motifs is 3. The quantitative estimate of drug-likeness (QED) is 0.309. The van der Waals surface area contributed by atoms with Gasteiger partial charge in [-0.25, -0.2) is 0 Å². The first-order valence-corrected chi connectivity index (χ1v) is 10.8. The third kappa shape index (κ3) is 3.32. The number of allylic oxidation sites excluding steroid dienone is 1. The molecule has 5 fully saturated rings. The van der Waals surface area contributed by atoms with Crippen molar-refractivity contribution in [3.05, 3.63) is 11.6 Å². The molecule has 6 rings (SSSR count). The second-order valence-electron chi connectivity index (χ2n) is 10.0. The monoisotopic (exact) mass is 506 g/mol. The minimum Gasteiger partial charge on any atom is -0.377 e. The Hall–Kier alpha value is 0.540. The molecule has 0 aromatic heterocycles. The van der Waals surface area contributed by atoms with Gasteiger partial charge in [-0.05, 0) is 62.9 Å². The fourth-order valence-corrected chi connectivity index (χ4v) is 7.76. The van der Waals surface area contributed by atoms with Crippen LogP contribution >= 0.6 is 54.0 Å². The van der Waals surface area contributed by atoms with Crippen LogP contribution in [0.2, 0.25) is 0 Å². The number of epoxide rings is 1. The lowest BCUT2D eigenvalue weighted by Gasteiger charge is -2.51. The van der Waals surface area contributed by atoms with Gasteiger partial charge in [-0.3, -0.25) is 0 Å². The highest BCUT2D eigenvalue weighted by Crippen LogP contribution is 2.74. The zero-order valence-electron chi connectivity index (χ0n) is 18.5. The van der Waals surface area contributed by atoms with Crippen LogP contribution in [0.3, 0.4) is 0 Å². The molecule has 0 aromatic rings. The van der Waals surface area contributed by atoms with Gasteiger partial charge in [-0.15, -0.1) is 5.92 Å². The Morgan fingerprint density at radius 3 is 2.39 bits per heavy atom. The van der Waals surface area contributed by atoms with Crippen LogP contribution in [0.1, 0.15) is 65.2 Å². The van der Waals surface area contributed by atoms with E-state index in [1.165, 1.54) is 5.57 Å². The zero-order valence-corrected chi connectivity index (χ0v) is 22.5. The molecule has 0 bridgehead atoms. The normalized spacial score (nSPS) is 47.1. The summed E-state index contributed by atoms with van der Waals surface area (Å²) in [7, 11) is 0. The Labute approximate surface area is 214 Å². The first kappa shape index (κ1) is 27.8. The summed E-state index contributed by atoms with van der Waals surface area (Å²) in [6.07, 6.45) is 10.3. The number of hydrogen-bond acceptors (Lipinski definition) is 4. The Morgan fingerprint density at radius 2 is 1.71 bits per heavy atom. The largest absolute Gasteiger partial charge is 0.377 e. The van der Waals surface area contributed by atoms with Gasteiger partial charge >= 0.3 is 0 Å². The van der Waals surface area contributed by atoms with Crippen LogP contribution in [0, 0.1) is 29.1 Å². The van der Waals surface area contributed by atoms with Crippen LogP contribution in [0.15, 0.2) is 11.6 Å². The predicted octanol–water partition coefficient (Wildman–Crippen LogP) is 3.78. The Balaban J connectivity index is 0.000000853. The molecule has 1 spiro atoms. The van der Waals surface area contributed by atoms with E-state index in [9.17, 15) is 5.11 Å². The van der Waals surface area contributed by atoms with Crippen molar-refractivity contribution in [1.29, 1.82) is 0 Å². The summed E-state index contributed by atoms with van der Waals surface area (Å²) in [6, 6.07) is 0. The molecule has 0 aromatic carbocycles. The van der Waals surface area contributed by atoms with E-state index in [1.54, 1.807) is 0 Å². The van der Waals surface area contributed by atoms with Crippen LogP contribution < -0.4 is 0 Å². The van der Waals surface area contributed by atoms with Crippen molar-refractivity contribution in [2.24, 2.45) is 17.3 Å². The van der Waals surface area contributed by atoms with Gasteiger partial charge in [-0.1, -0.05) is 18.9 Å². The van der Waals surface area contributed by atoms with Gasteiger partial charge in [-0.2, -0.15) is 54.0 Å². The highest BCUT2D eigenvalue weighted by atomic mass is 32.1. The summed E-state index contributed by atoms with van der Waals surface area (Å²) >= 11 is 0. The molecular weight excluding hydrogens is 469 g/mol. The summed E-state index contributed by atoms with van der Waals surface area (Å²) < 4.78 is 18.7. The summed E-state index contributed by atoms with van der Waals surface area (Å²) in [5.41, 5.74) is 0.424. The van der Waals surface area contributed by atoms with E-state index >= 15 is 0 Å². The van der Waals surface area contributed by atoms with Gasteiger partial charge in [0.05, 0.1) is 13.2 Å². The molecular formula is C23H38O4S4. The first-order chi connectivity index (χ1) is 12.9. The molecule has 1 N–H and O–H groups in total. The summed E-state index contributed by atoms with van der Waals surface area (Å²) in [4.78, 5) is 0. The van der Waals surface area contributed by atoms with Crippen molar-refractivity contribution < 1.29 is 19.3 Å². The molecule has 8 heteroatoms. The van der Waals surface area contributed by atoms with Crippen molar-refractivity contribution in [2.75, 3.05) is 13.2 Å². The van der Waals surface area contributed by atoms with Crippen molar-refractivity contribution >= 4 is 54.0 Å². The van der Waals surface area contributed by atoms with Crippen LogP contribution in [-0.2, 0) is 14.2 Å². The number of rotatable bonds is 0. The zero-order chi connectivity index (χ0) is 18.5. The van der Waals surface area contributed by atoms with E-state index in [0.29, 0.717) is 25.0 Å². The second-order valence-corrected chi connectivity index (χ2v) is 10.0. The van der Waals surface area contributed by atoms with Crippen LogP contribution in [0.4, 0.5) is 0 Å². The van der Waals surface area contributed by atoms with Gasteiger partial charge in [0.1, 0.15) is 16.8 Å². The fourth-order valence-electron chi connectivity index (χ4n) is 7.76. The van der Waals surface area contributed by atoms with E-state index < -0.39 is 5.60 Å². The molecule has 2 saturated heterocycles. The molecule has 3 saturated carbocycles. The second kappa shape index (κ2) is 8.64. The van der Waals surface area contributed by atoms with Gasteiger partial charge in [0.2, 0.25) is 0 Å². The minimum absolute atomic E-state index is 0. The standard InChI is InChI=1S/C23H30O4.4H2S/c1-3-7-20(24)9-6-17-16-4-10-21-15-22(25-13-14-26-22)11-12-23(21,27-21)18(16)5-8-19(17,20)2;;;;/h5,16-17,24H,4,6,8-15H2,1-2H3;4*1H2/t16-,17-,19-,20-,21+,23+;;;;/m0..../s1. The third-order valence-corrected chi connectivity index (χ3v) is 9.16. The van der Waals surface area contributed by atoms with E-state index in [4.69, 9.17) is 14.2 Å². The summed E-state index contributed by atoms with van der Waals surface area (Å²) in [6.45, 7) is 5.54. The van der Waals surface area contributed by atoms with Crippen molar-refractivity contribution in [2.45, 2.75) is 87.8 Å². The highest BCUT2D eigenvalue weighted by Gasteiger charge is 2.79. The average molecular weight is 507 g/mol. The predicted molar refractivity (Wildman–Crippen MR) is 141 cm³/mol. The molecule has 4 nitrogen and oxygen atoms in total. The lowest BCUT2D eigenvalue weighted by atomic mass is 9.53. The lowest BCUT2D eigenvalue weighted by Crippen LogP contribution is -2.53. The van der Waals surface area contributed by atoms with Gasteiger partial charge in [0.25, 0.3) is 0 Å². The molecule has 6 atom stereocenters. The maximum atomic E-state index is 11.3. The number of aliphatic hydroxyl groups is 1. The number of ether oxygens (including phenoxy) is 3. The molecule has 6 aliphatic rings. The van der Waals surface area contributed by atoms with E-state index in [2.05, 4.69) is 24.8 Å². The smallest absolute Gasteiger partial charge is 0.171 e. The molecule has 0 unspecified atom stereocenters. The third-order valence-electron chi connectivity index (χ3n) is 9.16. The highest BCUT2D eigenvalue weighted by molar-refractivity contribution is 7.59. The van der Waals surface area contributed by atoms with Gasteiger partial charge in [0.15, 0.2) is 5.79 Å². The fraction of sp³-hybridized carbons (Fsp3) is 0.826. The average Bonchev–Trinajstić information content (AvgIpc) is 2.99. The Morgan fingerprint density at radius 1 is 1.00 bits per heavy atom. The maximum Gasteiger partial charge on any atom is 0.171 e. The molecule has 0 amide bonds. The molecule has 178 valence electrons. The van der Waals surface area contributed by atoms with E-state index in [1.807, 2.05) is 6.92 Å². The number of hydrogen-bond donors (Lipinski definition) is 1. The first-order valence-electron chi connectivity index (χ1n) is 10.8. The van der Waals surface area contributed by atoms with Gasteiger partial charge in [0, 0.05) is 18.3 Å². The summed E-state index contributed by atoms with van der Waals surface area (Å²) in [5, 5.41) is 11.3. The maximum absolute atomic E-state index is 11.3. The lowest BCUT2D eigenvalue weighted by molar-refractivity contribution is -0.185. The van der Waals surface area contributed by atoms with Gasteiger partial charge < -0.3 is 19.3 Å². The van der Waals surface area contributed by atoms with E-state index in [0.717, 1.165) is 51.4 Å². The summed E-state index contributed by atoms with van der Waals surface area (Å²) in [5.74, 6) is 6.83. The van der Waals surface area contributed by atoms with Crippen LogP contribution in [0.5, 0.6) is 0 Å². The van der Waals surface area contributed by atoms with Crippen molar-refractivity contribution in [3.63, 3.8) is 0 Å². The minimum atomic E-state index is -0.840. The molecule has 2 aliphatic heterocycles. The van der Waals surface area contributed by atoms with Crippen molar-refractivity contribution in [1.82, 2.24) is 0 Å². The molecule has 2 heterocycles. The SMILES string of the molecule is CC#C[C@]1(O)CC[C@H]2[C@@H]3CC[C@@]45CC6(CC[C@@]4(O5)C3=CC[C@@]21C)OCCO6.S.S.S.S. The molecule has 4 aliphatic carbocycles. The Kier molecular flexibility index (Phi) is 7.74. The topological polar surface area (TPSA) is 51.2 Å². The van der Waals surface area contributed by atoms with E-state index in [-0.39, 0.29) is 76.4 Å². The Bertz CT molecular complexity index is 803. The van der Waals surface area contributed by atoms with Crippen LogP contribution in [-0.4, -0.2) is 40.9 Å². The van der Waals surface area contributed by atoms with Crippen LogP contribution in [0.25, 0.3) is 0 Å².